The number of carbonyl (C=O) groups is 2. The molecule has 1 atom stereocenters. The first-order valence-corrected chi connectivity index (χ1v) is 4.59. The molecule has 92 valence electrons. The Morgan fingerprint density at radius 3 is 2.25 bits per heavy atom. The Kier molecular flexibility index (Phi) is 9.53. The van der Waals surface area contributed by atoms with Gasteiger partial charge in [0.1, 0.15) is 6.10 Å². The monoisotopic (exact) mass is 261 g/mol. The molecule has 0 bridgehead atoms. The Labute approximate surface area is 124 Å². The second-order valence-corrected chi connectivity index (χ2v) is 3.98. The van der Waals surface area contributed by atoms with E-state index in [1.54, 1.807) is 0 Å². The molecule has 0 fully saturated rings. The molecule has 16 heavy (non-hydrogen) atoms. The second-order valence-electron chi connectivity index (χ2n) is 3.98. The first-order chi connectivity index (χ1) is 6.81. The number of carbonyl (C=O) groups excluding carboxylic acids is 1. The topological polar surface area (TPSA) is 107 Å². The molecule has 0 radical (unpaired) electrons. The molecule has 0 saturated heterocycles. The zero-order valence-electron chi connectivity index (χ0n) is 8.86. The maximum atomic E-state index is 11.3. The molecule has 1 amide bonds. The standard InChI is InChI=1S/C9H17NO5.Ca.2H/c1-9(2,5-11)7(14)8(15)10-4-3-6(12)13;;;/h7,11,14H,3-5H2,1-2H3,(H,10,15)(H,12,13);;;. The molecule has 7 heteroatoms. The molecular formula is C9H19CaNO5. The van der Waals surface area contributed by atoms with E-state index in [1.807, 2.05) is 0 Å². The fourth-order valence-corrected chi connectivity index (χ4v) is 0.831. The summed E-state index contributed by atoms with van der Waals surface area (Å²) in [6, 6.07) is 0. The van der Waals surface area contributed by atoms with E-state index in [-0.39, 0.29) is 57.3 Å². The average Bonchev–Trinajstić information content (AvgIpc) is 2.15. The van der Waals surface area contributed by atoms with Gasteiger partial charge in [0.05, 0.1) is 13.0 Å². The fraction of sp³-hybridized carbons (Fsp3) is 0.778. The van der Waals surface area contributed by atoms with Crippen molar-refractivity contribution >= 4 is 49.6 Å². The van der Waals surface area contributed by atoms with Gasteiger partial charge in [0.2, 0.25) is 5.91 Å². The third kappa shape index (κ3) is 6.65. The number of hydrogen-bond acceptors (Lipinski definition) is 4. The number of nitrogens with one attached hydrogen (secondary N) is 1. The zero-order chi connectivity index (χ0) is 12.1. The predicted molar refractivity (Wildman–Crippen MR) is 60.7 cm³/mol. The summed E-state index contributed by atoms with van der Waals surface area (Å²) in [5.74, 6) is -1.69. The number of aliphatic carboxylic acids is 1. The van der Waals surface area contributed by atoms with Crippen molar-refractivity contribution in [2.45, 2.75) is 26.4 Å². The molecule has 4 N–H and O–H groups in total. The molecule has 6 nitrogen and oxygen atoms in total. The number of rotatable bonds is 6. The van der Waals surface area contributed by atoms with Gasteiger partial charge in [-0.25, -0.2) is 0 Å². The SMILES string of the molecule is CC(C)(CO)C(O)C(=O)NCCC(=O)O.[CaH2]. The van der Waals surface area contributed by atoms with Gasteiger partial charge in [0, 0.05) is 12.0 Å². The normalized spacial score (nSPS) is 12.5. The molecule has 1 unspecified atom stereocenters. The van der Waals surface area contributed by atoms with Gasteiger partial charge >= 0.3 is 43.7 Å². The minimum absolute atomic E-state index is 0. The summed E-state index contributed by atoms with van der Waals surface area (Å²) >= 11 is 0. The molecule has 0 rings (SSSR count). The van der Waals surface area contributed by atoms with Gasteiger partial charge in [0.25, 0.3) is 0 Å². The zero-order valence-corrected chi connectivity index (χ0v) is 8.86. The average molecular weight is 261 g/mol. The Balaban J connectivity index is 0. The van der Waals surface area contributed by atoms with E-state index in [0.717, 1.165) is 0 Å². The second kappa shape index (κ2) is 8.25. The number of amides is 1. The predicted octanol–water partition coefficient (Wildman–Crippen LogP) is -1.96. The number of hydrogen-bond donors (Lipinski definition) is 4. The Bertz CT molecular complexity index is 244. The van der Waals surface area contributed by atoms with Crippen molar-refractivity contribution in [1.82, 2.24) is 5.32 Å². The molecule has 0 spiro atoms. The van der Waals surface area contributed by atoms with Crippen LogP contribution in [0.25, 0.3) is 0 Å². The first-order valence-electron chi connectivity index (χ1n) is 4.59. The molecule has 0 aliphatic carbocycles. The Morgan fingerprint density at radius 2 is 1.88 bits per heavy atom. The van der Waals surface area contributed by atoms with Crippen molar-refractivity contribution in [2.24, 2.45) is 5.41 Å². The van der Waals surface area contributed by atoms with Crippen LogP contribution in [-0.2, 0) is 9.59 Å². The summed E-state index contributed by atoms with van der Waals surface area (Å²) in [5, 5.41) is 29.0. The Morgan fingerprint density at radius 1 is 1.38 bits per heavy atom. The minimum atomic E-state index is -1.35. The van der Waals surface area contributed by atoms with Crippen molar-refractivity contribution in [3.8, 4) is 0 Å². The quantitative estimate of drug-likeness (QED) is 0.415. The molecule has 0 aromatic carbocycles. The van der Waals surface area contributed by atoms with Crippen LogP contribution in [0.4, 0.5) is 0 Å². The van der Waals surface area contributed by atoms with Crippen molar-refractivity contribution < 1.29 is 24.9 Å². The van der Waals surface area contributed by atoms with Gasteiger partial charge in [-0.1, -0.05) is 13.8 Å². The van der Waals surface area contributed by atoms with E-state index in [1.165, 1.54) is 13.8 Å². The van der Waals surface area contributed by atoms with Gasteiger partial charge in [-0.15, -0.1) is 0 Å². The number of carboxylic acid groups (broad SMARTS) is 1. The first kappa shape index (κ1) is 18.5. The van der Waals surface area contributed by atoms with Crippen molar-refractivity contribution in [1.29, 1.82) is 0 Å². The van der Waals surface area contributed by atoms with Crippen LogP contribution in [0.15, 0.2) is 0 Å². The van der Waals surface area contributed by atoms with Crippen LogP contribution < -0.4 is 5.32 Å². The summed E-state index contributed by atoms with van der Waals surface area (Å²) in [6.45, 7) is 2.70. The Hall–Kier alpha value is 0.120. The van der Waals surface area contributed by atoms with Crippen molar-refractivity contribution in [3.63, 3.8) is 0 Å². The summed E-state index contributed by atoms with van der Waals surface area (Å²) < 4.78 is 0. The van der Waals surface area contributed by atoms with Crippen LogP contribution in [0.1, 0.15) is 20.3 Å². The van der Waals surface area contributed by atoms with Gasteiger partial charge < -0.3 is 20.6 Å². The van der Waals surface area contributed by atoms with E-state index in [4.69, 9.17) is 10.2 Å². The number of aliphatic hydroxyl groups excluding tert-OH is 2. The third-order valence-corrected chi connectivity index (χ3v) is 2.03. The summed E-state index contributed by atoms with van der Waals surface area (Å²) in [5.41, 5.74) is -0.937. The van der Waals surface area contributed by atoms with E-state index in [9.17, 15) is 14.7 Å². The van der Waals surface area contributed by atoms with E-state index in [0.29, 0.717) is 0 Å². The molecule has 0 aromatic heterocycles. The van der Waals surface area contributed by atoms with Crippen LogP contribution in [0.5, 0.6) is 0 Å². The molecular weight excluding hydrogens is 242 g/mol. The molecule has 0 aliphatic heterocycles. The van der Waals surface area contributed by atoms with Crippen molar-refractivity contribution in [2.75, 3.05) is 13.2 Å². The van der Waals surface area contributed by atoms with Crippen LogP contribution in [0, 0.1) is 5.41 Å². The summed E-state index contributed by atoms with van der Waals surface area (Å²) in [4.78, 5) is 21.4. The number of carboxylic acids is 1. The molecule has 0 aliphatic rings. The fourth-order valence-electron chi connectivity index (χ4n) is 0.831. The summed E-state index contributed by atoms with van der Waals surface area (Å²) in [7, 11) is 0. The van der Waals surface area contributed by atoms with Crippen LogP contribution >= 0.6 is 0 Å². The maximum absolute atomic E-state index is 11.3. The van der Waals surface area contributed by atoms with E-state index >= 15 is 0 Å². The van der Waals surface area contributed by atoms with Crippen molar-refractivity contribution in [3.05, 3.63) is 0 Å². The van der Waals surface area contributed by atoms with Gasteiger partial charge in [-0.05, 0) is 0 Å². The van der Waals surface area contributed by atoms with Gasteiger partial charge in [0.15, 0.2) is 0 Å². The van der Waals surface area contributed by atoms with Crippen LogP contribution in [0.2, 0.25) is 0 Å². The molecule has 0 saturated carbocycles. The third-order valence-electron chi connectivity index (χ3n) is 2.03. The van der Waals surface area contributed by atoms with Crippen LogP contribution in [-0.4, -0.2) is 84.2 Å². The van der Waals surface area contributed by atoms with E-state index in [2.05, 4.69) is 5.32 Å². The van der Waals surface area contributed by atoms with Gasteiger partial charge in [-0.3, -0.25) is 9.59 Å². The number of aliphatic hydroxyl groups is 2. The van der Waals surface area contributed by atoms with Crippen LogP contribution in [0.3, 0.4) is 0 Å². The molecule has 0 aromatic rings. The molecule has 0 heterocycles. The van der Waals surface area contributed by atoms with E-state index < -0.39 is 23.4 Å². The summed E-state index contributed by atoms with van der Waals surface area (Å²) in [6.07, 6.45) is -1.55. The van der Waals surface area contributed by atoms with Gasteiger partial charge in [-0.2, -0.15) is 0 Å².